The Kier molecular flexibility index (Phi) is 12.6. The SMILES string of the molecule is CCOC(Cc1ccc(OCCN(CCCCSc2ccccc2)C(=O)Oc2ccc(F)cc2)cc1)C(=O)O. The van der Waals surface area contributed by atoms with Gasteiger partial charge in [-0.15, -0.1) is 11.8 Å². The number of nitrogens with zero attached hydrogens (tertiary/aromatic N) is 1. The van der Waals surface area contributed by atoms with Gasteiger partial charge in [-0.25, -0.2) is 14.0 Å². The third-order valence-electron chi connectivity index (χ3n) is 5.73. The lowest BCUT2D eigenvalue weighted by atomic mass is 10.1. The normalized spacial score (nSPS) is 11.5. The van der Waals surface area contributed by atoms with Gasteiger partial charge in [0.25, 0.3) is 0 Å². The van der Waals surface area contributed by atoms with Crippen molar-refractivity contribution in [1.82, 2.24) is 4.90 Å². The van der Waals surface area contributed by atoms with Crippen molar-refractivity contribution in [3.05, 3.63) is 90.2 Å². The van der Waals surface area contributed by atoms with E-state index in [1.807, 2.05) is 18.2 Å². The molecule has 1 atom stereocenters. The van der Waals surface area contributed by atoms with Gasteiger partial charge in [0, 0.05) is 24.5 Å². The molecule has 39 heavy (non-hydrogen) atoms. The van der Waals surface area contributed by atoms with Gasteiger partial charge in [0.05, 0.1) is 6.54 Å². The summed E-state index contributed by atoms with van der Waals surface area (Å²) in [6, 6.07) is 22.6. The maximum Gasteiger partial charge on any atom is 0.415 e. The molecule has 0 aliphatic heterocycles. The van der Waals surface area contributed by atoms with E-state index >= 15 is 0 Å². The van der Waals surface area contributed by atoms with E-state index in [0.717, 1.165) is 24.2 Å². The van der Waals surface area contributed by atoms with E-state index in [2.05, 4.69) is 12.1 Å². The molecule has 1 amide bonds. The summed E-state index contributed by atoms with van der Waals surface area (Å²) in [5.41, 5.74) is 0.820. The van der Waals surface area contributed by atoms with E-state index in [1.165, 1.54) is 29.2 Å². The van der Waals surface area contributed by atoms with Crippen LogP contribution in [-0.4, -0.2) is 60.2 Å². The van der Waals surface area contributed by atoms with Crippen molar-refractivity contribution in [3.63, 3.8) is 0 Å². The second kappa shape index (κ2) is 16.4. The van der Waals surface area contributed by atoms with Gasteiger partial charge in [-0.2, -0.15) is 0 Å². The van der Waals surface area contributed by atoms with E-state index in [1.54, 1.807) is 47.9 Å². The molecule has 7 nitrogen and oxygen atoms in total. The first-order valence-electron chi connectivity index (χ1n) is 12.9. The Labute approximate surface area is 232 Å². The Morgan fingerprint density at radius 3 is 2.28 bits per heavy atom. The van der Waals surface area contributed by atoms with Crippen molar-refractivity contribution in [2.24, 2.45) is 0 Å². The number of thioether (sulfide) groups is 1. The van der Waals surface area contributed by atoms with Crippen molar-refractivity contribution in [2.75, 3.05) is 32.1 Å². The van der Waals surface area contributed by atoms with Crippen LogP contribution >= 0.6 is 11.8 Å². The minimum atomic E-state index is -0.997. The predicted octanol–water partition coefficient (Wildman–Crippen LogP) is 6.31. The van der Waals surface area contributed by atoms with Crippen LogP contribution in [0.5, 0.6) is 11.5 Å². The molecule has 0 heterocycles. The van der Waals surface area contributed by atoms with Gasteiger partial charge in [0.15, 0.2) is 6.10 Å². The molecular weight excluding hydrogens is 521 g/mol. The number of amides is 1. The molecule has 9 heteroatoms. The first-order chi connectivity index (χ1) is 18.9. The molecule has 0 radical (unpaired) electrons. The fourth-order valence-corrected chi connectivity index (χ4v) is 4.64. The summed E-state index contributed by atoms with van der Waals surface area (Å²) in [4.78, 5) is 27.0. The Morgan fingerprint density at radius 2 is 1.62 bits per heavy atom. The molecule has 0 spiro atoms. The molecule has 0 saturated heterocycles. The van der Waals surface area contributed by atoms with Gasteiger partial charge in [-0.3, -0.25) is 0 Å². The highest BCUT2D eigenvalue weighted by molar-refractivity contribution is 7.99. The maximum atomic E-state index is 13.2. The molecular formula is C30H34FNO6S. The van der Waals surface area contributed by atoms with E-state index in [-0.39, 0.29) is 18.8 Å². The molecule has 1 N–H and O–H groups in total. The lowest BCUT2D eigenvalue weighted by molar-refractivity contribution is -0.149. The lowest BCUT2D eigenvalue weighted by Crippen LogP contribution is -2.37. The Morgan fingerprint density at radius 1 is 0.923 bits per heavy atom. The zero-order valence-corrected chi connectivity index (χ0v) is 22.8. The molecule has 0 aromatic heterocycles. The van der Waals surface area contributed by atoms with Crippen LogP contribution in [0.3, 0.4) is 0 Å². The molecule has 3 rings (SSSR count). The average Bonchev–Trinajstić information content (AvgIpc) is 2.94. The Balaban J connectivity index is 1.50. The molecule has 0 bridgehead atoms. The van der Waals surface area contributed by atoms with Gasteiger partial charge in [-0.1, -0.05) is 30.3 Å². The van der Waals surface area contributed by atoms with Crippen molar-refractivity contribution in [2.45, 2.75) is 37.2 Å². The molecule has 0 saturated carbocycles. The third-order valence-corrected chi connectivity index (χ3v) is 6.83. The molecule has 0 aliphatic carbocycles. The van der Waals surface area contributed by atoms with Crippen LogP contribution in [0.4, 0.5) is 9.18 Å². The van der Waals surface area contributed by atoms with E-state index < -0.39 is 24.0 Å². The van der Waals surface area contributed by atoms with Gasteiger partial charge in [0.1, 0.15) is 23.9 Å². The van der Waals surface area contributed by atoms with Gasteiger partial charge >= 0.3 is 12.1 Å². The van der Waals surface area contributed by atoms with Crippen molar-refractivity contribution >= 4 is 23.8 Å². The van der Waals surface area contributed by atoms with Gasteiger partial charge < -0.3 is 24.2 Å². The highest BCUT2D eigenvalue weighted by Crippen LogP contribution is 2.19. The molecule has 208 valence electrons. The van der Waals surface area contributed by atoms with Gasteiger partial charge in [0.2, 0.25) is 0 Å². The van der Waals surface area contributed by atoms with E-state index in [0.29, 0.717) is 25.4 Å². The highest BCUT2D eigenvalue weighted by Gasteiger charge is 2.18. The highest BCUT2D eigenvalue weighted by atomic mass is 32.2. The van der Waals surface area contributed by atoms with Crippen LogP contribution < -0.4 is 9.47 Å². The minimum absolute atomic E-state index is 0.243. The Bertz CT molecular complexity index is 1140. The smallest absolute Gasteiger partial charge is 0.415 e. The number of carboxylic acids is 1. The quantitative estimate of drug-likeness (QED) is 0.164. The Hall–Kier alpha value is -3.56. The van der Waals surface area contributed by atoms with Crippen molar-refractivity contribution in [3.8, 4) is 11.5 Å². The summed E-state index contributed by atoms with van der Waals surface area (Å²) in [5.74, 6) is 0.406. The lowest BCUT2D eigenvalue weighted by Gasteiger charge is -2.22. The fraction of sp³-hybridized carbons (Fsp3) is 0.333. The second-order valence-electron chi connectivity index (χ2n) is 8.66. The maximum absolute atomic E-state index is 13.2. The van der Waals surface area contributed by atoms with Crippen LogP contribution in [0.15, 0.2) is 83.8 Å². The van der Waals surface area contributed by atoms with Crippen LogP contribution in [0, 0.1) is 5.82 Å². The standard InChI is InChI=1S/C30H34FNO6S/c1-2-36-28(29(33)34)22-23-10-14-25(15-11-23)37-20-19-32(30(35)38-26-16-12-24(31)13-17-26)18-6-7-21-39-27-8-4-3-5-9-27/h3-5,8-17,28H,2,6-7,18-22H2,1H3,(H,33,34). The number of aliphatic carboxylic acids is 1. The van der Waals surface area contributed by atoms with Crippen LogP contribution in [0.25, 0.3) is 0 Å². The number of hydrogen-bond donors (Lipinski definition) is 1. The van der Waals surface area contributed by atoms with Crippen molar-refractivity contribution < 1.29 is 33.3 Å². The third kappa shape index (κ3) is 11.0. The molecule has 3 aromatic carbocycles. The van der Waals surface area contributed by atoms with Gasteiger partial charge in [-0.05, 0) is 79.6 Å². The van der Waals surface area contributed by atoms with Crippen LogP contribution in [-0.2, 0) is 16.0 Å². The zero-order chi connectivity index (χ0) is 27.9. The summed E-state index contributed by atoms with van der Waals surface area (Å²) in [6.45, 7) is 3.12. The summed E-state index contributed by atoms with van der Waals surface area (Å²) in [7, 11) is 0. The minimum Gasteiger partial charge on any atom is -0.492 e. The predicted molar refractivity (Wildman–Crippen MR) is 149 cm³/mol. The summed E-state index contributed by atoms with van der Waals surface area (Å²) >= 11 is 1.77. The number of carbonyl (C=O) groups is 2. The fourth-order valence-electron chi connectivity index (χ4n) is 3.70. The topological polar surface area (TPSA) is 85.3 Å². The number of halogens is 1. The molecule has 3 aromatic rings. The number of carboxylic acid groups (broad SMARTS) is 1. The molecule has 1 unspecified atom stereocenters. The first-order valence-corrected chi connectivity index (χ1v) is 13.9. The van der Waals surface area contributed by atoms with E-state index in [4.69, 9.17) is 14.2 Å². The summed E-state index contributed by atoms with van der Waals surface area (Å²) in [5, 5.41) is 9.27. The average molecular weight is 556 g/mol. The summed E-state index contributed by atoms with van der Waals surface area (Å²) < 4.78 is 29.8. The van der Waals surface area contributed by atoms with E-state index in [9.17, 15) is 19.1 Å². The van der Waals surface area contributed by atoms with Crippen LogP contribution in [0.2, 0.25) is 0 Å². The number of hydrogen-bond acceptors (Lipinski definition) is 6. The molecule has 0 aliphatic rings. The van der Waals surface area contributed by atoms with Crippen LogP contribution in [0.1, 0.15) is 25.3 Å². The monoisotopic (exact) mass is 555 g/mol. The zero-order valence-electron chi connectivity index (χ0n) is 22.0. The second-order valence-corrected chi connectivity index (χ2v) is 9.82. The molecule has 0 fully saturated rings. The van der Waals surface area contributed by atoms with Crippen molar-refractivity contribution in [1.29, 1.82) is 0 Å². The first kappa shape index (κ1) is 30.0. The largest absolute Gasteiger partial charge is 0.492 e. The number of rotatable bonds is 16. The summed E-state index contributed by atoms with van der Waals surface area (Å²) in [6.07, 6.45) is 0.550. The number of unbranched alkanes of at least 4 members (excludes halogenated alkanes) is 1. The number of ether oxygens (including phenoxy) is 3. The number of benzene rings is 3. The number of carbonyl (C=O) groups excluding carboxylic acids is 1.